The van der Waals surface area contributed by atoms with Gasteiger partial charge in [-0.2, -0.15) is 5.10 Å². The smallest absolute Gasteiger partial charge is 0.184 e. The SMILES string of the molecule is CNc1cnnc(-c2cc(OC)c(OC)cc2C)n1. The molecule has 2 rings (SSSR count). The Morgan fingerprint density at radius 1 is 1.11 bits per heavy atom. The molecule has 6 heteroatoms. The molecule has 0 radical (unpaired) electrons. The van der Waals surface area contributed by atoms with Gasteiger partial charge in [-0.15, -0.1) is 5.10 Å². The molecule has 0 aliphatic rings. The number of ether oxygens (including phenoxy) is 2. The topological polar surface area (TPSA) is 69.2 Å². The zero-order chi connectivity index (χ0) is 13.8. The van der Waals surface area contributed by atoms with E-state index in [0.717, 1.165) is 11.1 Å². The maximum absolute atomic E-state index is 5.29. The molecule has 0 aliphatic heterocycles. The lowest BCUT2D eigenvalue weighted by atomic mass is 10.1. The molecule has 1 aromatic heterocycles. The molecule has 6 nitrogen and oxygen atoms in total. The summed E-state index contributed by atoms with van der Waals surface area (Å²) in [6, 6.07) is 3.74. The fourth-order valence-electron chi connectivity index (χ4n) is 1.76. The van der Waals surface area contributed by atoms with Gasteiger partial charge >= 0.3 is 0 Å². The summed E-state index contributed by atoms with van der Waals surface area (Å²) in [5, 5.41) is 10.9. The van der Waals surface area contributed by atoms with Crippen LogP contribution in [-0.2, 0) is 0 Å². The molecule has 2 aromatic rings. The third-order valence-electron chi connectivity index (χ3n) is 2.79. The molecule has 0 atom stereocenters. The van der Waals surface area contributed by atoms with Crippen LogP contribution in [0, 0.1) is 6.92 Å². The van der Waals surface area contributed by atoms with Crippen LogP contribution in [0.2, 0.25) is 0 Å². The van der Waals surface area contributed by atoms with Gasteiger partial charge in [0.1, 0.15) is 5.82 Å². The van der Waals surface area contributed by atoms with Gasteiger partial charge in [-0.3, -0.25) is 0 Å². The quantitative estimate of drug-likeness (QED) is 0.905. The summed E-state index contributed by atoms with van der Waals surface area (Å²) in [4.78, 5) is 4.37. The highest BCUT2D eigenvalue weighted by Gasteiger charge is 2.12. The van der Waals surface area contributed by atoms with Crippen molar-refractivity contribution in [3.63, 3.8) is 0 Å². The van der Waals surface area contributed by atoms with Crippen LogP contribution < -0.4 is 14.8 Å². The van der Waals surface area contributed by atoms with Crippen molar-refractivity contribution in [2.45, 2.75) is 6.92 Å². The molecule has 0 spiro atoms. The Kier molecular flexibility index (Phi) is 3.79. The standard InChI is InChI=1S/C13H16N4O2/c1-8-5-10(18-3)11(19-4)6-9(8)13-16-12(14-2)7-15-17-13/h5-7H,1-4H3,(H,14,16,17). The first-order valence-electron chi connectivity index (χ1n) is 5.80. The van der Waals surface area contributed by atoms with Gasteiger partial charge in [0, 0.05) is 12.6 Å². The summed E-state index contributed by atoms with van der Waals surface area (Å²) in [6.45, 7) is 1.96. The van der Waals surface area contributed by atoms with Crippen molar-refractivity contribution in [1.82, 2.24) is 15.2 Å². The van der Waals surface area contributed by atoms with E-state index in [1.165, 1.54) is 0 Å². The number of benzene rings is 1. The first-order valence-corrected chi connectivity index (χ1v) is 5.80. The van der Waals surface area contributed by atoms with E-state index in [-0.39, 0.29) is 0 Å². The second-order valence-electron chi connectivity index (χ2n) is 3.94. The highest BCUT2D eigenvalue weighted by atomic mass is 16.5. The maximum atomic E-state index is 5.29. The lowest BCUT2D eigenvalue weighted by Crippen LogP contribution is -2.00. The minimum atomic E-state index is 0.547. The Morgan fingerprint density at radius 2 is 1.79 bits per heavy atom. The number of methoxy groups -OCH3 is 2. The highest BCUT2D eigenvalue weighted by molar-refractivity contribution is 5.66. The third kappa shape index (κ3) is 2.57. The van der Waals surface area contributed by atoms with Crippen molar-refractivity contribution >= 4 is 5.82 Å². The number of aryl methyl sites for hydroxylation is 1. The summed E-state index contributed by atoms with van der Waals surface area (Å²) in [5.74, 6) is 2.53. The second kappa shape index (κ2) is 5.51. The van der Waals surface area contributed by atoms with Gasteiger partial charge < -0.3 is 14.8 Å². The summed E-state index contributed by atoms with van der Waals surface area (Å²) < 4.78 is 10.6. The van der Waals surface area contributed by atoms with Gasteiger partial charge in [0.15, 0.2) is 17.3 Å². The molecule has 1 heterocycles. The van der Waals surface area contributed by atoms with Crippen molar-refractivity contribution < 1.29 is 9.47 Å². The molecule has 1 aromatic carbocycles. The summed E-state index contributed by atoms with van der Waals surface area (Å²) >= 11 is 0. The second-order valence-corrected chi connectivity index (χ2v) is 3.94. The van der Waals surface area contributed by atoms with Crippen molar-refractivity contribution in [1.29, 1.82) is 0 Å². The minimum absolute atomic E-state index is 0.547. The lowest BCUT2D eigenvalue weighted by Gasteiger charge is -2.12. The summed E-state index contributed by atoms with van der Waals surface area (Å²) in [6.07, 6.45) is 1.57. The van der Waals surface area contributed by atoms with Crippen LogP contribution in [0.3, 0.4) is 0 Å². The number of nitrogens with one attached hydrogen (secondary N) is 1. The molecule has 19 heavy (non-hydrogen) atoms. The van der Waals surface area contributed by atoms with Crippen LogP contribution in [0.25, 0.3) is 11.4 Å². The predicted octanol–water partition coefficient (Wildman–Crippen LogP) is 1.91. The molecule has 0 saturated carbocycles. The maximum Gasteiger partial charge on any atom is 0.184 e. The number of anilines is 1. The van der Waals surface area contributed by atoms with E-state index < -0.39 is 0 Å². The zero-order valence-corrected chi connectivity index (χ0v) is 11.4. The Bertz CT molecular complexity index is 587. The third-order valence-corrected chi connectivity index (χ3v) is 2.79. The number of aromatic nitrogens is 3. The Labute approximate surface area is 111 Å². The molecule has 0 amide bonds. The fourth-order valence-corrected chi connectivity index (χ4v) is 1.76. The van der Waals surface area contributed by atoms with Crippen LogP contribution in [0.15, 0.2) is 18.3 Å². The molecule has 1 N–H and O–H groups in total. The van der Waals surface area contributed by atoms with Crippen molar-refractivity contribution in [2.24, 2.45) is 0 Å². The molecule has 0 unspecified atom stereocenters. The first kappa shape index (κ1) is 13.1. The van der Waals surface area contributed by atoms with Gasteiger partial charge in [0.05, 0.1) is 20.4 Å². The molecule has 0 aliphatic carbocycles. The van der Waals surface area contributed by atoms with E-state index in [1.54, 1.807) is 27.5 Å². The normalized spacial score (nSPS) is 10.1. The van der Waals surface area contributed by atoms with Crippen molar-refractivity contribution in [2.75, 3.05) is 26.6 Å². The van der Waals surface area contributed by atoms with Gasteiger partial charge in [0.25, 0.3) is 0 Å². The van der Waals surface area contributed by atoms with Gasteiger partial charge in [-0.1, -0.05) is 0 Å². The number of rotatable bonds is 4. The zero-order valence-electron chi connectivity index (χ0n) is 11.4. The Morgan fingerprint density at radius 3 is 2.42 bits per heavy atom. The highest BCUT2D eigenvalue weighted by Crippen LogP contribution is 2.34. The monoisotopic (exact) mass is 260 g/mol. The molecular weight excluding hydrogens is 244 g/mol. The van der Waals surface area contributed by atoms with Crippen LogP contribution in [0.4, 0.5) is 5.82 Å². The average Bonchev–Trinajstić information content (AvgIpc) is 2.46. The number of hydrogen-bond acceptors (Lipinski definition) is 6. The van der Waals surface area contributed by atoms with Gasteiger partial charge in [-0.05, 0) is 24.6 Å². The molecule has 0 bridgehead atoms. The van der Waals surface area contributed by atoms with E-state index in [4.69, 9.17) is 9.47 Å². The van der Waals surface area contributed by atoms with Crippen LogP contribution >= 0.6 is 0 Å². The van der Waals surface area contributed by atoms with E-state index in [1.807, 2.05) is 19.1 Å². The summed E-state index contributed by atoms with van der Waals surface area (Å²) in [7, 11) is 4.99. The molecule has 100 valence electrons. The predicted molar refractivity (Wildman–Crippen MR) is 72.7 cm³/mol. The first-order chi connectivity index (χ1) is 9.19. The van der Waals surface area contributed by atoms with Crippen LogP contribution in [-0.4, -0.2) is 36.4 Å². The largest absolute Gasteiger partial charge is 0.493 e. The Balaban J connectivity index is 2.55. The van der Waals surface area contributed by atoms with Crippen LogP contribution in [0.5, 0.6) is 11.5 Å². The molecule has 0 saturated heterocycles. The van der Waals surface area contributed by atoms with Crippen molar-refractivity contribution in [3.05, 3.63) is 23.9 Å². The fraction of sp³-hybridized carbons (Fsp3) is 0.308. The van der Waals surface area contributed by atoms with Gasteiger partial charge in [0.2, 0.25) is 0 Å². The number of hydrogen-bond donors (Lipinski definition) is 1. The summed E-state index contributed by atoms with van der Waals surface area (Å²) in [5.41, 5.74) is 1.86. The lowest BCUT2D eigenvalue weighted by molar-refractivity contribution is 0.355. The van der Waals surface area contributed by atoms with Gasteiger partial charge in [-0.25, -0.2) is 4.98 Å². The average molecular weight is 260 g/mol. The Hall–Kier alpha value is -2.37. The van der Waals surface area contributed by atoms with E-state index in [9.17, 15) is 0 Å². The van der Waals surface area contributed by atoms with E-state index in [2.05, 4.69) is 20.5 Å². The van der Waals surface area contributed by atoms with Crippen LogP contribution in [0.1, 0.15) is 5.56 Å². The molecular formula is C13H16N4O2. The minimum Gasteiger partial charge on any atom is -0.493 e. The van der Waals surface area contributed by atoms with E-state index >= 15 is 0 Å². The van der Waals surface area contributed by atoms with Crippen molar-refractivity contribution in [3.8, 4) is 22.9 Å². The number of nitrogens with zero attached hydrogens (tertiary/aromatic N) is 3. The van der Waals surface area contributed by atoms with E-state index in [0.29, 0.717) is 23.1 Å². The molecule has 0 fully saturated rings.